The highest BCUT2D eigenvalue weighted by Crippen LogP contribution is 2.36. The van der Waals surface area contributed by atoms with Crippen LogP contribution in [0.4, 0.5) is 5.95 Å². The minimum absolute atomic E-state index is 0.101. The Morgan fingerprint density at radius 3 is 2.45 bits per heavy atom. The van der Waals surface area contributed by atoms with Crippen molar-refractivity contribution < 1.29 is 4.74 Å². The lowest BCUT2D eigenvalue weighted by Crippen LogP contribution is -2.12. The zero-order chi connectivity index (χ0) is 25.9. The van der Waals surface area contributed by atoms with Crippen molar-refractivity contribution in [3.05, 3.63) is 115 Å². The number of hydrogen-bond acceptors (Lipinski definition) is 9. The predicted molar refractivity (Wildman–Crippen MR) is 140 cm³/mol. The quantitative estimate of drug-likeness (QED) is 0.357. The number of fused-ring (bicyclic) bond motifs is 1. The van der Waals surface area contributed by atoms with E-state index in [2.05, 4.69) is 26.0 Å². The van der Waals surface area contributed by atoms with Crippen molar-refractivity contribution in [2.75, 3.05) is 5.73 Å². The van der Waals surface area contributed by atoms with E-state index in [4.69, 9.17) is 20.6 Å². The Balaban J connectivity index is 1.61. The molecule has 0 aliphatic carbocycles. The number of ether oxygens (including phenoxy) is 1. The van der Waals surface area contributed by atoms with E-state index in [1.54, 1.807) is 36.7 Å². The van der Waals surface area contributed by atoms with Gasteiger partial charge in [-0.3, -0.25) is 0 Å². The summed E-state index contributed by atoms with van der Waals surface area (Å²) in [5, 5.41) is 14.5. The Kier molecular flexibility index (Phi) is 5.84. The van der Waals surface area contributed by atoms with Crippen LogP contribution in [0.25, 0.3) is 28.2 Å². The normalized spacial score (nSPS) is 11.7. The Labute approximate surface area is 217 Å². The summed E-state index contributed by atoms with van der Waals surface area (Å²) in [5.41, 5.74) is 10.3. The van der Waals surface area contributed by atoms with E-state index in [0.29, 0.717) is 45.4 Å². The van der Waals surface area contributed by atoms with Crippen LogP contribution in [0, 0.1) is 11.3 Å². The maximum Gasteiger partial charge on any atom is 0.223 e. The molecule has 2 N–H and O–H groups in total. The van der Waals surface area contributed by atoms with E-state index >= 15 is 0 Å². The SMILES string of the molecule is N#Cc1ccccc1-c1nc(N)n2nc(C(Oc3ccccn3)c3ccccc3)nc2c1-c1ccncn1. The third-order valence-corrected chi connectivity index (χ3v) is 5.88. The van der Waals surface area contributed by atoms with Gasteiger partial charge >= 0.3 is 0 Å². The van der Waals surface area contributed by atoms with Crippen LogP contribution in [0.1, 0.15) is 23.1 Å². The molecule has 38 heavy (non-hydrogen) atoms. The van der Waals surface area contributed by atoms with Crippen LogP contribution in [-0.4, -0.2) is 34.5 Å². The molecule has 0 aliphatic rings. The van der Waals surface area contributed by atoms with Gasteiger partial charge in [0.1, 0.15) is 6.33 Å². The van der Waals surface area contributed by atoms with E-state index < -0.39 is 6.10 Å². The first-order chi connectivity index (χ1) is 18.7. The molecule has 10 nitrogen and oxygen atoms in total. The average Bonchev–Trinajstić information content (AvgIpc) is 3.43. The Bertz CT molecular complexity index is 1770. The number of benzene rings is 2. The summed E-state index contributed by atoms with van der Waals surface area (Å²) in [7, 11) is 0. The number of anilines is 1. The topological polar surface area (TPSA) is 141 Å². The fraction of sp³-hybridized carbons (Fsp3) is 0.0357. The summed E-state index contributed by atoms with van der Waals surface area (Å²) in [5.74, 6) is 0.881. The molecule has 0 radical (unpaired) electrons. The number of pyridine rings is 1. The molecule has 4 aromatic heterocycles. The molecule has 0 bridgehead atoms. The van der Waals surface area contributed by atoms with Crippen molar-refractivity contribution in [1.82, 2.24) is 34.5 Å². The highest BCUT2D eigenvalue weighted by atomic mass is 16.5. The molecule has 182 valence electrons. The zero-order valence-electron chi connectivity index (χ0n) is 19.9. The summed E-state index contributed by atoms with van der Waals surface area (Å²) in [6, 6.07) is 26.2. The maximum atomic E-state index is 9.78. The molecule has 0 fully saturated rings. The van der Waals surface area contributed by atoms with Crippen LogP contribution in [0.2, 0.25) is 0 Å². The molecule has 6 aromatic rings. The number of nitrogens with two attached hydrogens (primary N) is 1. The molecule has 6 rings (SSSR count). The van der Waals surface area contributed by atoms with Gasteiger partial charge in [0.2, 0.25) is 11.8 Å². The summed E-state index contributed by atoms with van der Waals surface area (Å²) in [6.45, 7) is 0. The minimum atomic E-state index is -0.682. The number of nitrogens with zero attached hydrogens (tertiary/aromatic N) is 8. The van der Waals surface area contributed by atoms with Gasteiger partial charge in [-0.05, 0) is 18.2 Å². The third kappa shape index (κ3) is 4.14. The van der Waals surface area contributed by atoms with Crippen molar-refractivity contribution in [2.45, 2.75) is 6.10 Å². The van der Waals surface area contributed by atoms with Gasteiger partial charge in [0.05, 0.1) is 28.6 Å². The fourth-order valence-electron chi connectivity index (χ4n) is 4.18. The van der Waals surface area contributed by atoms with Crippen molar-refractivity contribution in [3.63, 3.8) is 0 Å². The van der Waals surface area contributed by atoms with Gasteiger partial charge < -0.3 is 10.5 Å². The lowest BCUT2D eigenvalue weighted by atomic mass is 9.99. The first-order valence-electron chi connectivity index (χ1n) is 11.7. The molecular weight excluding hydrogens is 478 g/mol. The highest BCUT2D eigenvalue weighted by molar-refractivity contribution is 5.90. The molecule has 10 heteroatoms. The monoisotopic (exact) mass is 497 g/mol. The van der Waals surface area contributed by atoms with Crippen LogP contribution >= 0.6 is 0 Å². The summed E-state index contributed by atoms with van der Waals surface area (Å²) < 4.78 is 7.73. The van der Waals surface area contributed by atoms with E-state index in [0.717, 1.165) is 5.56 Å². The van der Waals surface area contributed by atoms with Crippen molar-refractivity contribution in [1.29, 1.82) is 5.26 Å². The Morgan fingerprint density at radius 2 is 1.68 bits per heavy atom. The second kappa shape index (κ2) is 9.75. The minimum Gasteiger partial charge on any atom is -0.461 e. The van der Waals surface area contributed by atoms with Crippen LogP contribution in [0.5, 0.6) is 5.88 Å². The smallest absolute Gasteiger partial charge is 0.223 e. The Morgan fingerprint density at radius 1 is 0.868 bits per heavy atom. The summed E-state index contributed by atoms with van der Waals surface area (Å²) >= 11 is 0. The van der Waals surface area contributed by atoms with Crippen molar-refractivity contribution in [2.24, 2.45) is 0 Å². The molecule has 0 spiro atoms. The van der Waals surface area contributed by atoms with Crippen LogP contribution < -0.4 is 10.5 Å². The van der Waals surface area contributed by atoms with Gasteiger partial charge in [0.15, 0.2) is 17.6 Å². The van der Waals surface area contributed by atoms with E-state index in [1.165, 1.54) is 10.8 Å². The molecule has 1 atom stereocenters. The van der Waals surface area contributed by atoms with E-state index in [-0.39, 0.29) is 5.95 Å². The van der Waals surface area contributed by atoms with Crippen LogP contribution in [0.15, 0.2) is 97.6 Å². The summed E-state index contributed by atoms with van der Waals surface area (Å²) in [4.78, 5) is 22.4. The largest absolute Gasteiger partial charge is 0.461 e. The lowest BCUT2D eigenvalue weighted by molar-refractivity contribution is 0.227. The van der Waals surface area contributed by atoms with E-state index in [1.807, 2.05) is 54.6 Å². The zero-order valence-corrected chi connectivity index (χ0v) is 19.9. The van der Waals surface area contributed by atoms with Gasteiger partial charge in [-0.15, -0.1) is 5.10 Å². The van der Waals surface area contributed by atoms with Crippen molar-refractivity contribution in [3.8, 4) is 34.5 Å². The van der Waals surface area contributed by atoms with Gasteiger partial charge in [-0.25, -0.2) is 24.9 Å². The summed E-state index contributed by atoms with van der Waals surface area (Å²) in [6.07, 6.45) is 4.04. The van der Waals surface area contributed by atoms with Crippen LogP contribution in [-0.2, 0) is 0 Å². The number of aromatic nitrogens is 7. The number of nitriles is 1. The molecular formula is C28H19N9O. The molecule has 1 unspecified atom stereocenters. The second-order valence-corrected chi connectivity index (χ2v) is 8.23. The molecule has 4 heterocycles. The fourth-order valence-corrected chi connectivity index (χ4v) is 4.18. The van der Waals surface area contributed by atoms with E-state index in [9.17, 15) is 5.26 Å². The third-order valence-electron chi connectivity index (χ3n) is 5.88. The lowest BCUT2D eigenvalue weighted by Gasteiger charge is -2.15. The van der Waals surface area contributed by atoms with Crippen LogP contribution in [0.3, 0.4) is 0 Å². The molecule has 0 aliphatic heterocycles. The van der Waals surface area contributed by atoms with Gasteiger partial charge in [-0.2, -0.15) is 9.78 Å². The standard InChI is InChI=1S/C28H19N9O/c29-16-19-10-4-5-11-20(19)24-23(21-13-15-31-17-33-21)27-35-26(36-37(27)28(30)34-24)25(18-8-2-1-3-9-18)38-22-12-6-7-14-32-22/h1-15,17,25H,(H2,30,34). The highest BCUT2D eigenvalue weighted by Gasteiger charge is 2.27. The molecule has 2 aromatic carbocycles. The first-order valence-corrected chi connectivity index (χ1v) is 11.7. The molecule has 0 saturated heterocycles. The predicted octanol–water partition coefficient (Wildman–Crippen LogP) is 4.27. The van der Waals surface area contributed by atoms with Gasteiger partial charge in [0, 0.05) is 29.6 Å². The van der Waals surface area contributed by atoms with Gasteiger partial charge in [-0.1, -0.05) is 54.6 Å². The first kappa shape index (κ1) is 22.8. The molecule has 0 amide bonds. The number of rotatable bonds is 6. The second-order valence-electron chi connectivity index (χ2n) is 8.23. The average molecular weight is 498 g/mol. The molecule has 0 saturated carbocycles. The Hall–Kier alpha value is -5.69. The van der Waals surface area contributed by atoms with Crippen molar-refractivity contribution >= 4 is 11.6 Å². The van der Waals surface area contributed by atoms with Gasteiger partial charge in [0.25, 0.3) is 0 Å². The number of nitrogen functional groups attached to an aromatic ring is 1. The number of hydrogen-bond donors (Lipinski definition) is 1. The maximum absolute atomic E-state index is 9.78.